The number of para-hydroxylation sites is 1. The highest BCUT2D eigenvalue weighted by Gasteiger charge is 2.18. The van der Waals surface area contributed by atoms with Gasteiger partial charge in [-0.15, -0.1) is 0 Å². The Morgan fingerprint density at radius 1 is 0.900 bits per heavy atom. The minimum atomic E-state index is -0.287. The third-order valence-electron chi connectivity index (χ3n) is 5.29. The summed E-state index contributed by atoms with van der Waals surface area (Å²) in [6, 6.07) is 26.4. The topological polar surface area (TPSA) is 64.0 Å². The van der Waals surface area contributed by atoms with Crippen LogP contribution in [-0.2, 0) is 0 Å². The fourth-order valence-electron chi connectivity index (χ4n) is 3.62. The molecule has 0 bridgehead atoms. The summed E-state index contributed by atoms with van der Waals surface area (Å²) < 4.78 is 1.30. The zero-order chi connectivity index (χ0) is 20.9. The quantitative estimate of drug-likeness (QED) is 0.527. The molecule has 1 amide bonds. The molecule has 5 nitrogen and oxygen atoms in total. The van der Waals surface area contributed by atoms with Gasteiger partial charge in [-0.1, -0.05) is 73.7 Å². The number of benzene rings is 3. The number of hydrogen-bond acceptors (Lipinski definition) is 3. The second-order valence-corrected chi connectivity index (χ2v) is 7.17. The number of rotatable bonds is 6. The molecule has 1 N–H and O–H groups in total. The summed E-state index contributed by atoms with van der Waals surface area (Å²) in [6.45, 7) is 2.60. The molecule has 1 aromatic heterocycles. The van der Waals surface area contributed by atoms with Gasteiger partial charge in [-0.25, -0.2) is 0 Å². The molecular formula is C25H23N3O2. The summed E-state index contributed by atoms with van der Waals surface area (Å²) in [5.41, 5.74) is 1.81. The van der Waals surface area contributed by atoms with E-state index in [4.69, 9.17) is 0 Å². The Morgan fingerprint density at radius 2 is 1.50 bits per heavy atom. The van der Waals surface area contributed by atoms with Gasteiger partial charge >= 0.3 is 0 Å². The maximum Gasteiger partial charge on any atom is 0.279 e. The van der Waals surface area contributed by atoms with Crippen LogP contribution >= 0.6 is 0 Å². The van der Waals surface area contributed by atoms with Crippen molar-refractivity contribution in [3.05, 3.63) is 107 Å². The molecular weight excluding hydrogens is 374 g/mol. The van der Waals surface area contributed by atoms with Crippen molar-refractivity contribution in [1.82, 2.24) is 15.1 Å². The summed E-state index contributed by atoms with van der Waals surface area (Å²) in [5, 5.41) is 8.49. The standard InChI is InChI=1S/C25H23N3O2/c1-2-18(19-11-5-3-6-12-19)17-26-24(29)23-21-15-9-10-16-22(21)25(30)28(27-23)20-13-7-4-8-14-20/h3-16,18H,2,17H2,1H3,(H,26,29)/t18-/m1/s1. The van der Waals surface area contributed by atoms with Gasteiger partial charge in [0, 0.05) is 17.8 Å². The minimum Gasteiger partial charge on any atom is -0.350 e. The highest BCUT2D eigenvalue weighted by Crippen LogP contribution is 2.19. The van der Waals surface area contributed by atoms with Gasteiger partial charge < -0.3 is 5.32 Å². The van der Waals surface area contributed by atoms with E-state index in [0.29, 0.717) is 23.0 Å². The van der Waals surface area contributed by atoms with Gasteiger partial charge in [-0.2, -0.15) is 9.78 Å². The highest BCUT2D eigenvalue weighted by molar-refractivity contribution is 6.04. The van der Waals surface area contributed by atoms with Crippen LogP contribution in [-0.4, -0.2) is 22.2 Å². The first kappa shape index (κ1) is 19.6. The summed E-state index contributed by atoms with van der Waals surface area (Å²) in [7, 11) is 0. The average Bonchev–Trinajstić information content (AvgIpc) is 2.81. The van der Waals surface area contributed by atoms with Crippen LogP contribution in [0.4, 0.5) is 0 Å². The molecule has 0 radical (unpaired) electrons. The van der Waals surface area contributed by atoms with Crippen molar-refractivity contribution < 1.29 is 4.79 Å². The van der Waals surface area contributed by atoms with Gasteiger partial charge in [0.15, 0.2) is 5.69 Å². The number of nitrogens with zero attached hydrogens (tertiary/aromatic N) is 2. The van der Waals surface area contributed by atoms with Crippen LogP contribution < -0.4 is 10.9 Å². The zero-order valence-corrected chi connectivity index (χ0v) is 16.8. The van der Waals surface area contributed by atoms with Crippen molar-refractivity contribution in [2.24, 2.45) is 0 Å². The Hall–Kier alpha value is -3.73. The summed E-state index contributed by atoms with van der Waals surface area (Å²) in [6.07, 6.45) is 0.905. The molecule has 4 aromatic rings. The first-order valence-corrected chi connectivity index (χ1v) is 10.1. The van der Waals surface area contributed by atoms with Crippen LogP contribution in [0, 0.1) is 0 Å². The Kier molecular flexibility index (Phi) is 5.70. The number of aromatic nitrogens is 2. The second kappa shape index (κ2) is 8.74. The monoisotopic (exact) mass is 397 g/mol. The number of nitrogens with one attached hydrogen (secondary N) is 1. The predicted molar refractivity (Wildman–Crippen MR) is 119 cm³/mol. The maximum atomic E-state index is 13.1. The van der Waals surface area contributed by atoms with E-state index in [9.17, 15) is 9.59 Å². The number of carbonyl (C=O) groups excluding carboxylic acids is 1. The molecule has 5 heteroatoms. The normalized spacial score (nSPS) is 11.9. The molecule has 1 heterocycles. The van der Waals surface area contributed by atoms with Crippen molar-refractivity contribution in [2.75, 3.05) is 6.54 Å². The van der Waals surface area contributed by atoms with Crippen LogP contribution in [0.25, 0.3) is 16.5 Å². The summed E-state index contributed by atoms with van der Waals surface area (Å²) in [4.78, 5) is 26.1. The van der Waals surface area contributed by atoms with Gasteiger partial charge in [-0.05, 0) is 30.2 Å². The molecule has 0 unspecified atom stereocenters. The second-order valence-electron chi connectivity index (χ2n) is 7.17. The molecule has 0 aliphatic heterocycles. The minimum absolute atomic E-state index is 0.210. The fourth-order valence-corrected chi connectivity index (χ4v) is 3.62. The van der Waals surface area contributed by atoms with Crippen molar-refractivity contribution in [2.45, 2.75) is 19.3 Å². The molecule has 0 saturated carbocycles. The van der Waals surface area contributed by atoms with E-state index >= 15 is 0 Å². The highest BCUT2D eigenvalue weighted by atomic mass is 16.2. The summed E-state index contributed by atoms with van der Waals surface area (Å²) in [5.74, 6) is -0.0771. The molecule has 0 fully saturated rings. The maximum absolute atomic E-state index is 13.1. The van der Waals surface area contributed by atoms with Crippen molar-refractivity contribution in [3.63, 3.8) is 0 Å². The Balaban J connectivity index is 1.70. The van der Waals surface area contributed by atoms with Crippen molar-refractivity contribution in [3.8, 4) is 5.69 Å². The van der Waals surface area contributed by atoms with E-state index < -0.39 is 0 Å². The number of amides is 1. The molecule has 3 aromatic carbocycles. The van der Waals surface area contributed by atoms with Crippen LogP contribution in [0.2, 0.25) is 0 Å². The van der Waals surface area contributed by atoms with E-state index in [0.717, 1.165) is 6.42 Å². The van der Waals surface area contributed by atoms with E-state index in [1.54, 1.807) is 30.3 Å². The van der Waals surface area contributed by atoms with Crippen molar-refractivity contribution in [1.29, 1.82) is 0 Å². The predicted octanol–water partition coefficient (Wildman–Crippen LogP) is 4.31. The average molecular weight is 397 g/mol. The Morgan fingerprint density at radius 3 is 2.17 bits per heavy atom. The molecule has 0 aliphatic rings. The van der Waals surface area contributed by atoms with Gasteiger partial charge in [0.05, 0.1) is 11.1 Å². The Bertz CT molecular complexity index is 1220. The molecule has 1 atom stereocenters. The Labute approximate surface area is 175 Å². The lowest BCUT2D eigenvalue weighted by Crippen LogP contribution is -2.32. The lowest BCUT2D eigenvalue weighted by molar-refractivity contribution is 0.0946. The molecule has 0 aliphatic carbocycles. The van der Waals surface area contributed by atoms with E-state index in [-0.39, 0.29) is 23.1 Å². The number of hydrogen-bond donors (Lipinski definition) is 1. The van der Waals surface area contributed by atoms with Crippen molar-refractivity contribution >= 4 is 16.7 Å². The van der Waals surface area contributed by atoms with Gasteiger partial charge in [0.25, 0.3) is 11.5 Å². The SMILES string of the molecule is CC[C@H](CNC(=O)c1nn(-c2ccccc2)c(=O)c2ccccc12)c1ccccc1. The third kappa shape index (κ3) is 3.87. The van der Waals surface area contributed by atoms with E-state index in [1.165, 1.54) is 10.2 Å². The number of carbonyl (C=O) groups is 1. The van der Waals surface area contributed by atoms with Crippen LogP contribution in [0.3, 0.4) is 0 Å². The largest absolute Gasteiger partial charge is 0.350 e. The first-order valence-electron chi connectivity index (χ1n) is 10.1. The first-order chi connectivity index (χ1) is 14.7. The number of fused-ring (bicyclic) bond motifs is 1. The van der Waals surface area contributed by atoms with Gasteiger partial charge in [0.1, 0.15) is 0 Å². The fraction of sp³-hybridized carbons (Fsp3) is 0.160. The zero-order valence-electron chi connectivity index (χ0n) is 16.8. The lowest BCUT2D eigenvalue weighted by Gasteiger charge is -2.17. The summed E-state index contributed by atoms with van der Waals surface area (Å²) >= 11 is 0. The van der Waals surface area contributed by atoms with Crippen LogP contribution in [0.1, 0.15) is 35.3 Å². The molecule has 150 valence electrons. The molecule has 30 heavy (non-hydrogen) atoms. The molecule has 0 saturated heterocycles. The van der Waals surface area contributed by atoms with Gasteiger partial charge in [0.2, 0.25) is 0 Å². The van der Waals surface area contributed by atoms with E-state index in [2.05, 4.69) is 29.5 Å². The van der Waals surface area contributed by atoms with Gasteiger partial charge in [-0.3, -0.25) is 9.59 Å². The molecule has 4 rings (SSSR count). The molecule has 0 spiro atoms. The lowest BCUT2D eigenvalue weighted by atomic mass is 9.96. The van der Waals surface area contributed by atoms with Crippen LogP contribution in [0.15, 0.2) is 89.7 Å². The van der Waals surface area contributed by atoms with Crippen LogP contribution in [0.5, 0.6) is 0 Å². The van der Waals surface area contributed by atoms with E-state index in [1.807, 2.05) is 42.5 Å². The third-order valence-corrected chi connectivity index (χ3v) is 5.29. The smallest absolute Gasteiger partial charge is 0.279 e.